The van der Waals surface area contributed by atoms with E-state index >= 15 is 0 Å². The molecule has 0 aromatic heterocycles. The van der Waals surface area contributed by atoms with Crippen molar-refractivity contribution in [3.05, 3.63) is 60.2 Å². The second-order valence-corrected chi connectivity index (χ2v) is 4.15. The average molecular weight is 270 g/mol. The fourth-order valence-corrected chi connectivity index (χ4v) is 1.71. The molecule has 2 aromatic rings. The van der Waals surface area contributed by atoms with Gasteiger partial charge in [0.05, 0.1) is 7.11 Å². The van der Waals surface area contributed by atoms with Gasteiger partial charge in [0.25, 0.3) is 0 Å². The van der Waals surface area contributed by atoms with Crippen LogP contribution >= 0.6 is 0 Å². The van der Waals surface area contributed by atoms with Crippen molar-refractivity contribution < 1.29 is 19.1 Å². The monoisotopic (exact) mass is 270 g/mol. The van der Waals surface area contributed by atoms with E-state index in [1.54, 1.807) is 24.3 Å². The minimum absolute atomic E-state index is 0.00133. The van der Waals surface area contributed by atoms with Crippen molar-refractivity contribution in [1.82, 2.24) is 0 Å². The molecule has 0 atom stereocenters. The fourth-order valence-electron chi connectivity index (χ4n) is 1.71. The zero-order chi connectivity index (χ0) is 14.4. The summed E-state index contributed by atoms with van der Waals surface area (Å²) in [4.78, 5) is 22.6. The summed E-state index contributed by atoms with van der Waals surface area (Å²) >= 11 is 0. The molecule has 102 valence electrons. The number of para-hydroxylation sites is 1. The van der Waals surface area contributed by atoms with Crippen LogP contribution in [0.1, 0.15) is 5.56 Å². The molecule has 0 aliphatic heterocycles. The van der Waals surface area contributed by atoms with Crippen LogP contribution in [0.3, 0.4) is 0 Å². The molecule has 0 fully saturated rings. The van der Waals surface area contributed by atoms with Gasteiger partial charge in [-0.05, 0) is 29.8 Å². The first-order valence-corrected chi connectivity index (χ1v) is 6.12. The minimum atomic E-state index is -0.834. The first kappa shape index (κ1) is 13.8. The van der Waals surface area contributed by atoms with Crippen molar-refractivity contribution in [2.45, 2.75) is 6.42 Å². The molecule has 4 nitrogen and oxygen atoms in total. The van der Waals surface area contributed by atoms with Crippen molar-refractivity contribution in [3.63, 3.8) is 0 Å². The van der Waals surface area contributed by atoms with Crippen molar-refractivity contribution in [2.24, 2.45) is 0 Å². The molecule has 0 spiro atoms. The smallest absolute Gasteiger partial charge is 0.374 e. The zero-order valence-corrected chi connectivity index (χ0v) is 11.0. The van der Waals surface area contributed by atoms with Crippen LogP contribution in [-0.4, -0.2) is 18.9 Å². The van der Waals surface area contributed by atoms with Crippen LogP contribution in [0.2, 0.25) is 0 Å². The number of rotatable bonds is 5. The van der Waals surface area contributed by atoms with Gasteiger partial charge in [0.1, 0.15) is 11.5 Å². The topological polar surface area (TPSA) is 52.6 Å². The van der Waals surface area contributed by atoms with Gasteiger partial charge < -0.3 is 9.47 Å². The highest BCUT2D eigenvalue weighted by Gasteiger charge is 2.14. The second kappa shape index (κ2) is 6.52. The summed E-state index contributed by atoms with van der Waals surface area (Å²) in [6, 6.07) is 16.4. The Balaban J connectivity index is 2.08. The zero-order valence-electron chi connectivity index (χ0n) is 11.0. The summed E-state index contributed by atoms with van der Waals surface area (Å²) in [5, 5.41) is 0. The first-order valence-electron chi connectivity index (χ1n) is 6.12. The Hall–Kier alpha value is -2.62. The van der Waals surface area contributed by atoms with Crippen molar-refractivity contribution in [2.75, 3.05) is 7.11 Å². The minimum Gasteiger partial charge on any atom is -0.463 e. The van der Waals surface area contributed by atoms with E-state index in [0.717, 1.165) is 0 Å². The highest BCUT2D eigenvalue weighted by atomic mass is 16.5. The predicted molar refractivity (Wildman–Crippen MR) is 73.7 cm³/mol. The molecule has 0 aliphatic carbocycles. The summed E-state index contributed by atoms with van der Waals surface area (Å²) in [5.74, 6) is -0.0842. The van der Waals surface area contributed by atoms with Gasteiger partial charge in [-0.2, -0.15) is 0 Å². The molecule has 0 bridgehead atoms. The largest absolute Gasteiger partial charge is 0.463 e. The van der Waals surface area contributed by atoms with Crippen LogP contribution in [0.15, 0.2) is 54.6 Å². The second-order valence-electron chi connectivity index (χ2n) is 4.15. The number of hydrogen-bond acceptors (Lipinski definition) is 4. The van der Waals surface area contributed by atoms with Crippen molar-refractivity contribution in [3.8, 4) is 11.5 Å². The van der Waals surface area contributed by atoms with Crippen LogP contribution in [0, 0.1) is 0 Å². The predicted octanol–water partition coefficient (Wildman–Crippen LogP) is 2.76. The molecule has 0 N–H and O–H groups in total. The maximum absolute atomic E-state index is 11.5. The third-order valence-corrected chi connectivity index (χ3v) is 2.66. The van der Waals surface area contributed by atoms with E-state index in [9.17, 15) is 9.59 Å². The Bertz CT molecular complexity index is 605. The van der Waals surface area contributed by atoms with E-state index < -0.39 is 11.8 Å². The SMILES string of the molecule is COC(=O)C(=O)Cc1cccc(Oc2ccccc2)c1. The van der Waals surface area contributed by atoms with E-state index in [1.807, 2.05) is 30.3 Å². The Labute approximate surface area is 116 Å². The normalized spacial score (nSPS) is 9.85. The number of methoxy groups -OCH3 is 1. The number of Topliss-reactive ketones (excluding diaryl/α,β-unsaturated/α-hetero) is 1. The Morgan fingerprint density at radius 3 is 2.35 bits per heavy atom. The number of carbonyl (C=O) groups excluding carboxylic acids is 2. The first-order chi connectivity index (χ1) is 9.69. The molecule has 0 unspecified atom stereocenters. The molecule has 4 heteroatoms. The lowest BCUT2D eigenvalue weighted by atomic mass is 10.1. The summed E-state index contributed by atoms with van der Waals surface area (Å²) in [7, 11) is 1.19. The van der Waals surface area contributed by atoms with Gasteiger partial charge in [0, 0.05) is 6.42 Å². The number of ketones is 1. The van der Waals surface area contributed by atoms with E-state index in [-0.39, 0.29) is 6.42 Å². The highest BCUT2D eigenvalue weighted by Crippen LogP contribution is 2.22. The Morgan fingerprint density at radius 1 is 0.950 bits per heavy atom. The number of benzene rings is 2. The van der Waals surface area contributed by atoms with Crippen LogP contribution in [0.5, 0.6) is 11.5 Å². The van der Waals surface area contributed by atoms with Crippen LogP contribution < -0.4 is 4.74 Å². The van der Waals surface area contributed by atoms with E-state index in [1.165, 1.54) is 7.11 Å². The van der Waals surface area contributed by atoms with Crippen molar-refractivity contribution in [1.29, 1.82) is 0 Å². The molecule has 0 saturated carbocycles. The van der Waals surface area contributed by atoms with Crippen molar-refractivity contribution >= 4 is 11.8 Å². The summed E-state index contributed by atoms with van der Waals surface area (Å²) < 4.78 is 10.1. The van der Waals surface area contributed by atoms with E-state index in [0.29, 0.717) is 17.1 Å². The summed E-state index contributed by atoms with van der Waals surface area (Å²) in [6.45, 7) is 0. The highest BCUT2D eigenvalue weighted by molar-refractivity contribution is 6.34. The lowest BCUT2D eigenvalue weighted by Crippen LogP contribution is -2.17. The molecule has 0 radical (unpaired) electrons. The molecule has 20 heavy (non-hydrogen) atoms. The van der Waals surface area contributed by atoms with Gasteiger partial charge in [-0.3, -0.25) is 4.79 Å². The quantitative estimate of drug-likeness (QED) is 0.619. The van der Waals surface area contributed by atoms with Gasteiger partial charge in [-0.15, -0.1) is 0 Å². The van der Waals surface area contributed by atoms with Gasteiger partial charge >= 0.3 is 5.97 Å². The van der Waals surface area contributed by atoms with E-state index in [2.05, 4.69) is 4.74 Å². The molecular formula is C16H14O4. The van der Waals surface area contributed by atoms with Crippen LogP contribution in [-0.2, 0) is 20.7 Å². The third-order valence-electron chi connectivity index (χ3n) is 2.66. The molecule has 2 aromatic carbocycles. The molecule has 0 aliphatic rings. The van der Waals surface area contributed by atoms with Crippen LogP contribution in [0.4, 0.5) is 0 Å². The Kier molecular flexibility index (Phi) is 4.50. The summed E-state index contributed by atoms with van der Waals surface area (Å²) in [5.41, 5.74) is 0.703. The molecule has 2 rings (SSSR count). The lowest BCUT2D eigenvalue weighted by molar-refractivity contribution is -0.151. The molecule has 0 heterocycles. The number of carbonyl (C=O) groups is 2. The third kappa shape index (κ3) is 3.68. The average Bonchev–Trinajstić information content (AvgIpc) is 2.47. The van der Waals surface area contributed by atoms with Gasteiger partial charge in [0.15, 0.2) is 0 Å². The maximum atomic E-state index is 11.5. The molecule has 0 saturated heterocycles. The van der Waals surface area contributed by atoms with Crippen LogP contribution in [0.25, 0.3) is 0 Å². The lowest BCUT2D eigenvalue weighted by Gasteiger charge is -2.07. The standard InChI is InChI=1S/C16H14O4/c1-19-16(18)15(17)11-12-6-5-9-14(10-12)20-13-7-3-2-4-8-13/h2-10H,11H2,1H3. The number of ether oxygens (including phenoxy) is 2. The van der Waals surface area contributed by atoms with Gasteiger partial charge in [-0.1, -0.05) is 30.3 Å². The Morgan fingerprint density at radius 2 is 1.65 bits per heavy atom. The molecule has 0 amide bonds. The number of hydrogen-bond donors (Lipinski definition) is 0. The summed E-state index contributed by atoms with van der Waals surface area (Å²) in [6.07, 6.45) is -0.00133. The number of esters is 1. The molecular weight excluding hydrogens is 256 g/mol. The maximum Gasteiger partial charge on any atom is 0.374 e. The van der Waals surface area contributed by atoms with Gasteiger partial charge in [0.2, 0.25) is 5.78 Å². The van der Waals surface area contributed by atoms with Gasteiger partial charge in [-0.25, -0.2) is 4.79 Å². The fraction of sp³-hybridized carbons (Fsp3) is 0.125. The van der Waals surface area contributed by atoms with E-state index in [4.69, 9.17) is 4.74 Å².